The maximum Gasteiger partial charge on any atom is 0.410 e. The molecule has 1 atom stereocenters. The van der Waals surface area contributed by atoms with Gasteiger partial charge in [0.15, 0.2) is 0 Å². The molecule has 1 aliphatic heterocycles. The number of carbonyl (C=O) groups is 1. The van der Waals surface area contributed by atoms with Crippen LogP contribution in [0.5, 0.6) is 0 Å². The fourth-order valence-corrected chi connectivity index (χ4v) is 2.53. The summed E-state index contributed by atoms with van der Waals surface area (Å²) in [7, 11) is 0. The standard InChI is InChI=1S/C15H21ClN2O2/c1-15(2,3)20-14(19)18-8-7-13(17)10-5-4-6-12(16)11(10)9-18/h4-6,13H,7-9,17H2,1-3H3/t13-/m0/s1. The molecule has 1 aromatic carbocycles. The van der Waals surface area contributed by atoms with Crippen LogP contribution in [0.15, 0.2) is 18.2 Å². The minimum Gasteiger partial charge on any atom is -0.444 e. The fraction of sp³-hybridized carbons (Fsp3) is 0.533. The molecule has 2 rings (SSSR count). The number of nitrogens with zero attached hydrogens (tertiary/aromatic N) is 1. The molecule has 2 N–H and O–H groups in total. The van der Waals surface area contributed by atoms with E-state index in [9.17, 15) is 4.79 Å². The maximum absolute atomic E-state index is 12.2. The molecule has 5 heteroatoms. The second kappa shape index (κ2) is 5.62. The molecule has 0 aromatic heterocycles. The third kappa shape index (κ3) is 3.44. The summed E-state index contributed by atoms with van der Waals surface area (Å²) in [6.07, 6.45) is 0.379. The summed E-state index contributed by atoms with van der Waals surface area (Å²) in [4.78, 5) is 13.9. The van der Waals surface area contributed by atoms with Gasteiger partial charge in [0.1, 0.15) is 5.60 Å². The number of rotatable bonds is 0. The Bertz CT molecular complexity index is 511. The van der Waals surface area contributed by atoms with Crippen molar-refractivity contribution in [3.63, 3.8) is 0 Å². The third-order valence-corrected chi connectivity index (χ3v) is 3.62. The van der Waals surface area contributed by atoms with E-state index >= 15 is 0 Å². The molecule has 110 valence electrons. The highest BCUT2D eigenvalue weighted by atomic mass is 35.5. The van der Waals surface area contributed by atoms with Crippen LogP contribution in [0.25, 0.3) is 0 Å². The second-order valence-electron chi connectivity index (χ2n) is 6.10. The maximum atomic E-state index is 12.2. The van der Waals surface area contributed by atoms with Gasteiger partial charge in [-0.1, -0.05) is 23.7 Å². The van der Waals surface area contributed by atoms with Crippen molar-refractivity contribution in [1.82, 2.24) is 4.90 Å². The molecule has 20 heavy (non-hydrogen) atoms. The lowest BCUT2D eigenvalue weighted by atomic mass is 10.0. The van der Waals surface area contributed by atoms with E-state index in [0.29, 0.717) is 24.5 Å². The van der Waals surface area contributed by atoms with Crippen molar-refractivity contribution in [1.29, 1.82) is 0 Å². The number of hydrogen-bond donors (Lipinski definition) is 1. The lowest BCUT2D eigenvalue weighted by Gasteiger charge is -2.26. The molecule has 1 aromatic rings. The smallest absolute Gasteiger partial charge is 0.410 e. The summed E-state index contributed by atoms with van der Waals surface area (Å²) >= 11 is 6.25. The van der Waals surface area contributed by atoms with Crippen molar-refractivity contribution < 1.29 is 9.53 Å². The molecule has 0 saturated heterocycles. The molecular weight excluding hydrogens is 276 g/mol. The van der Waals surface area contributed by atoms with Crippen LogP contribution >= 0.6 is 11.6 Å². The van der Waals surface area contributed by atoms with Gasteiger partial charge in [-0.3, -0.25) is 0 Å². The van der Waals surface area contributed by atoms with Crippen LogP contribution in [-0.2, 0) is 11.3 Å². The zero-order valence-corrected chi connectivity index (χ0v) is 12.9. The molecule has 4 nitrogen and oxygen atoms in total. The topological polar surface area (TPSA) is 55.6 Å². The van der Waals surface area contributed by atoms with E-state index in [0.717, 1.165) is 11.1 Å². The highest BCUT2D eigenvalue weighted by Gasteiger charge is 2.27. The number of nitrogens with two attached hydrogens (primary N) is 1. The minimum atomic E-state index is -0.505. The largest absolute Gasteiger partial charge is 0.444 e. The minimum absolute atomic E-state index is 0.101. The highest BCUT2D eigenvalue weighted by molar-refractivity contribution is 6.31. The zero-order chi connectivity index (χ0) is 14.9. The summed E-state index contributed by atoms with van der Waals surface area (Å²) in [6, 6.07) is 5.59. The Hall–Kier alpha value is -1.26. The van der Waals surface area contributed by atoms with E-state index in [4.69, 9.17) is 22.1 Å². The Balaban J connectivity index is 2.24. The lowest BCUT2D eigenvalue weighted by molar-refractivity contribution is 0.0235. The number of benzene rings is 1. The molecule has 1 heterocycles. The highest BCUT2D eigenvalue weighted by Crippen LogP contribution is 2.30. The molecule has 0 spiro atoms. The second-order valence-corrected chi connectivity index (χ2v) is 6.51. The number of ether oxygens (including phenoxy) is 1. The molecule has 0 saturated carbocycles. The van der Waals surface area contributed by atoms with Gasteiger partial charge in [0.05, 0.1) is 6.54 Å². The molecule has 0 fully saturated rings. The Morgan fingerprint density at radius 3 is 2.80 bits per heavy atom. The van der Waals surface area contributed by atoms with Crippen LogP contribution in [-0.4, -0.2) is 23.1 Å². The molecule has 0 aliphatic carbocycles. The van der Waals surface area contributed by atoms with Gasteiger partial charge in [-0.15, -0.1) is 0 Å². The first-order valence-corrected chi connectivity index (χ1v) is 7.16. The van der Waals surface area contributed by atoms with Gasteiger partial charge in [0.2, 0.25) is 0 Å². The summed E-state index contributed by atoms with van der Waals surface area (Å²) < 4.78 is 5.43. The molecule has 0 unspecified atom stereocenters. The van der Waals surface area contributed by atoms with Crippen LogP contribution in [0, 0.1) is 0 Å². The number of fused-ring (bicyclic) bond motifs is 1. The number of hydrogen-bond acceptors (Lipinski definition) is 3. The van der Waals surface area contributed by atoms with Crippen molar-refractivity contribution in [2.75, 3.05) is 6.54 Å². The van der Waals surface area contributed by atoms with Crippen LogP contribution in [0.3, 0.4) is 0 Å². The van der Waals surface area contributed by atoms with E-state index < -0.39 is 5.60 Å². The molecule has 0 bridgehead atoms. The Kier molecular flexibility index (Phi) is 4.25. The van der Waals surface area contributed by atoms with Crippen molar-refractivity contribution in [3.05, 3.63) is 34.3 Å². The Morgan fingerprint density at radius 1 is 1.45 bits per heavy atom. The van der Waals surface area contributed by atoms with Gasteiger partial charge in [0.25, 0.3) is 0 Å². The van der Waals surface area contributed by atoms with Crippen LogP contribution in [0.1, 0.15) is 44.4 Å². The summed E-state index contributed by atoms with van der Waals surface area (Å²) in [5.41, 5.74) is 7.60. The predicted molar refractivity (Wildman–Crippen MR) is 79.6 cm³/mol. The number of halogens is 1. The molecular formula is C15H21ClN2O2. The van der Waals surface area contributed by atoms with E-state index in [2.05, 4.69) is 0 Å². The van der Waals surface area contributed by atoms with E-state index in [1.54, 1.807) is 4.90 Å². The van der Waals surface area contributed by atoms with Crippen LogP contribution in [0.4, 0.5) is 4.79 Å². The Labute approximate surface area is 124 Å². The average Bonchev–Trinajstić information content (AvgIpc) is 2.49. The van der Waals surface area contributed by atoms with Gasteiger partial charge in [-0.2, -0.15) is 0 Å². The Morgan fingerprint density at radius 2 is 2.15 bits per heavy atom. The van der Waals surface area contributed by atoms with Gasteiger partial charge in [0, 0.05) is 17.6 Å². The van der Waals surface area contributed by atoms with E-state index in [1.165, 1.54) is 0 Å². The summed E-state index contributed by atoms with van der Waals surface area (Å²) in [5.74, 6) is 0. The summed E-state index contributed by atoms with van der Waals surface area (Å²) in [6.45, 7) is 6.58. The van der Waals surface area contributed by atoms with Crippen molar-refractivity contribution in [3.8, 4) is 0 Å². The SMILES string of the molecule is CC(C)(C)OC(=O)N1CC[C@H](N)c2cccc(Cl)c2C1. The first-order chi connectivity index (χ1) is 9.28. The average molecular weight is 297 g/mol. The van der Waals surface area contributed by atoms with Gasteiger partial charge in [-0.25, -0.2) is 4.79 Å². The normalized spacial score (nSPS) is 19.2. The van der Waals surface area contributed by atoms with E-state index in [1.807, 2.05) is 39.0 Å². The van der Waals surface area contributed by atoms with Crippen molar-refractivity contribution in [2.24, 2.45) is 5.73 Å². The third-order valence-electron chi connectivity index (χ3n) is 3.27. The first-order valence-electron chi connectivity index (χ1n) is 6.79. The lowest BCUT2D eigenvalue weighted by Crippen LogP contribution is -2.36. The zero-order valence-electron chi connectivity index (χ0n) is 12.1. The van der Waals surface area contributed by atoms with Crippen molar-refractivity contribution >= 4 is 17.7 Å². The molecule has 1 amide bonds. The quantitative estimate of drug-likeness (QED) is 0.797. The van der Waals surface area contributed by atoms with Crippen LogP contribution < -0.4 is 5.73 Å². The monoisotopic (exact) mass is 296 g/mol. The molecule has 0 radical (unpaired) electrons. The van der Waals surface area contributed by atoms with Gasteiger partial charge < -0.3 is 15.4 Å². The van der Waals surface area contributed by atoms with Gasteiger partial charge >= 0.3 is 6.09 Å². The fourth-order valence-electron chi connectivity index (χ4n) is 2.29. The summed E-state index contributed by atoms with van der Waals surface area (Å²) in [5, 5.41) is 0.647. The van der Waals surface area contributed by atoms with Crippen LogP contribution in [0.2, 0.25) is 5.02 Å². The first kappa shape index (κ1) is 15.1. The molecule has 1 aliphatic rings. The predicted octanol–water partition coefficient (Wildman–Crippen LogP) is 3.48. The van der Waals surface area contributed by atoms with Crippen molar-refractivity contribution in [2.45, 2.75) is 45.4 Å². The number of carbonyl (C=O) groups excluding carboxylic acids is 1. The van der Waals surface area contributed by atoms with E-state index in [-0.39, 0.29) is 12.1 Å². The van der Waals surface area contributed by atoms with Gasteiger partial charge in [-0.05, 0) is 44.4 Å². The number of amides is 1.